The number of hydrogen-bond donors (Lipinski definition) is 2. The van der Waals surface area contributed by atoms with Crippen LogP contribution in [0.3, 0.4) is 0 Å². The van der Waals surface area contributed by atoms with E-state index in [1.54, 1.807) is 12.1 Å². The van der Waals surface area contributed by atoms with Crippen molar-refractivity contribution in [2.24, 2.45) is 5.73 Å². The predicted molar refractivity (Wildman–Crippen MR) is 71.9 cm³/mol. The zero-order chi connectivity index (χ0) is 14.6. The molecule has 0 spiro atoms. The fourth-order valence-electron chi connectivity index (χ4n) is 1.73. The van der Waals surface area contributed by atoms with Crippen LogP contribution in [0, 0.1) is 5.82 Å². The third-order valence-electron chi connectivity index (χ3n) is 2.77. The van der Waals surface area contributed by atoms with Gasteiger partial charge in [-0.05, 0) is 29.8 Å². The van der Waals surface area contributed by atoms with Crippen molar-refractivity contribution in [2.45, 2.75) is 17.9 Å². The highest BCUT2D eigenvalue weighted by molar-refractivity contribution is 7.89. The normalized spacial score (nSPS) is 11.7. The van der Waals surface area contributed by atoms with Gasteiger partial charge in [-0.25, -0.2) is 17.5 Å². The van der Waals surface area contributed by atoms with E-state index in [0.717, 1.165) is 6.07 Å². The standard InChI is InChI=1S/C13H15FN2O3S/c14-12-8-10(9-15)3-4-13(12)20(17,18)16-6-5-11-2-1-7-19-11/h1-4,7-8,16H,5-6,9,15H2. The van der Waals surface area contributed by atoms with Gasteiger partial charge in [-0.3, -0.25) is 0 Å². The molecule has 0 radical (unpaired) electrons. The van der Waals surface area contributed by atoms with Crippen LogP contribution in [0.5, 0.6) is 0 Å². The quantitative estimate of drug-likeness (QED) is 0.844. The first-order chi connectivity index (χ1) is 9.53. The van der Waals surface area contributed by atoms with Crippen LogP contribution in [0.2, 0.25) is 0 Å². The third-order valence-corrected chi connectivity index (χ3v) is 4.26. The maximum atomic E-state index is 13.7. The maximum absolute atomic E-state index is 13.7. The van der Waals surface area contributed by atoms with Gasteiger partial charge in [0.15, 0.2) is 0 Å². The summed E-state index contributed by atoms with van der Waals surface area (Å²) >= 11 is 0. The molecule has 0 unspecified atom stereocenters. The Morgan fingerprint density at radius 1 is 1.30 bits per heavy atom. The number of rotatable bonds is 6. The lowest BCUT2D eigenvalue weighted by molar-refractivity contribution is 0.505. The van der Waals surface area contributed by atoms with E-state index < -0.39 is 15.8 Å². The summed E-state index contributed by atoms with van der Waals surface area (Å²) in [5.74, 6) is -0.148. The second-order valence-electron chi connectivity index (χ2n) is 4.20. The second-order valence-corrected chi connectivity index (χ2v) is 5.93. The fourth-order valence-corrected chi connectivity index (χ4v) is 2.82. The van der Waals surface area contributed by atoms with Crippen molar-refractivity contribution in [1.82, 2.24) is 4.72 Å². The van der Waals surface area contributed by atoms with Gasteiger partial charge in [0.25, 0.3) is 0 Å². The molecule has 20 heavy (non-hydrogen) atoms. The summed E-state index contributed by atoms with van der Waals surface area (Å²) in [5.41, 5.74) is 5.91. The van der Waals surface area contributed by atoms with Crippen LogP contribution >= 0.6 is 0 Å². The molecule has 7 heteroatoms. The Kier molecular flexibility index (Phi) is 4.53. The maximum Gasteiger partial charge on any atom is 0.243 e. The summed E-state index contributed by atoms with van der Waals surface area (Å²) in [4.78, 5) is -0.380. The molecule has 0 aliphatic rings. The number of halogens is 1. The van der Waals surface area contributed by atoms with Crippen LogP contribution in [0.4, 0.5) is 4.39 Å². The lowest BCUT2D eigenvalue weighted by Gasteiger charge is -2.08. The Labute approximate surface area is 116 Å². The first-order valence-corrected chi connectivity index (χ1v) is 7.52. The molecule has 0 aliphatic heterocycles. The van der Waals surface area contributed by atoms with Crippen molar-refractivity contribution < 1.29 is 17.2 Å². The molecular formula is C13H15FN2O3S. The van der Waals surface area contributed by atoms with E-state index in [2.05, 4.69) is 4.72 Å². The third kappa shape index (κ3) is 3.44. The van der Waals surface area contributed by atoms with Gasteiger partial charge < -0.3 is 10.2 Å². The fraction of sp³-hybridized carbons (Fsp3) is 0.231. The largest absolute Gasteiger partial charge is 0.469 e. The molecule has 0 atom stereocenters. The molecule has 3 N–H and O–H groups in total. The predicted octanol–water partition coefficient (Wildman–Crippen LogP) is 1.40. The van der Waals surface area contributed by atoms with E-state index in [-0.39, 0.29) is 18.0 Å². The van der Waals surface area contributed by atoms with Crippen LogP contribution in [-0.2, 0) is 23.0 Å². The number of furan rings is 1. The summed E-state index contributed by atoms with van der Waals surface area (Å²) in [5, 5.41) is 0. The molecule has 0 saturated carbocycles. The van der Waals surface area contributed by atoms with E-state index >= 15 is 0 Å². The first kappa shape index (κ1) is 14.7. The summed E-state index contributed by atoms with van der Waals surface area (Å²) in [6, 6.07) is 7.29. The van der Waals surface area contributed by atoms with Crippen molar-refractivity contribution in [3.63, 3.8) is 0 Å². The zero-order valence-electron chi connectivity index (χ0n) is 10.7. The molecule has 1 aromatic heterocycles. The summed E-state index contributed by atoms with van der Waals surface area (Å²) in [7, 11) is -3.88. The van der Waals surface area contributed by atoms with Crippen LogP contribution in [0.25, 0.3) is 0 Å². The van der Waals surface area contributed by atoms with Gasteiger partial charge >= 0.3 is 0 Å². The van der Waals surface area contributed by atoms with E-state index in [9.17, 15) is 12.8 Å². The highest BCUT2D eigenvalue weighted by Gasteiger charge is 2.18. The Morgan fingerprint density at radius 3 is 2.70 bits per heavy atom. The van der Waals surface area contributed by atoms with E-state index in [1.807, 2.05) is 0 Å². The van der Waals surface area contributed by atoms with Gasteiger partial charge in [0.2, 0.25) is 10.0 Å². The van der Waals surface area contributed by atoms with Crippen molar-refractivity contribution in [2.75, 3.05) is 6.54 Å². The molecule has 108 valence electrons. The molecule has 2 rings (SSSR count). The molecule has 1 aromatic carbocycles. The molecular weight excluding hydrogens is 283 g/mol. The number of sulfonamides is 1. The zero-order valence-corrected chi connectivity index (χ0v) is 11.5. The number of hydrogen-bond acceptors (Lipinski definition) is 4. The summed E-state index contributed by atoms with van der Waals surface area (Å²) in [6.07, 6.45) is 1.91. The average molecular weight is 298 g/mol. The lowest BCUT2D eigenvalue weighted by Crippen LogP contribution is -2.26. The van der Waals surface area contributed by atoms with Gasteiger partial charge in [0, 0.05) is 19.5 Å². The molecule has 0 saturated heterocycles. The summed E-state index contributed by atoms with van der Waals surface area (Å²) < 4.78 is 45.1. The molecule has 0 amide bonds. The van der Waals surface area contributed by atoms with Crippen LogP contribution in [-0.4, -0.2) is 15.0 Å². The first-order valence-electron chi connectivity index (χ1n) is 6.03. The van der Waals surface area contributed by atoms with Crippen LogP contribution in [0.15, 0.2) is 45.9 Å². The van der Waals surface area contributed by atoms with Gasteiger partial charge in [0.05, 0.1) is 6.26 Å². The summed E-state index contributed by atoms with van der Waals surface area (Å²) in [6.45, 7) is 0.289. The van der Waals surface area contributed by atoms with Gasteiger partial charge in [-0.2, -0.15) is 0 Å². The number of nitrogens with two attached hydrogens (primary N) is 1. The van der Waals surface area contributed by atoms with Crippen molar-refractivity contribution in [3.05, 3.63) is 53.7 Å². The minimum atomic E-state index is -3.88. The van der Waals surface area contributed by atoms with Crippen molar-refractivity contribution >= 4 is 10.0 Å². The highest BCUT2D eigenvalue weighted by Crippen LogP contribution is 2.15. The smallest absolute Gasteiger partial charge is 0.243 e. The van der Waals surface area contributed by atoms with Crippen LogP contribution in [0.1, 0.15) is 11.3 Å². The lowest BCUT2D eigenvalue weighted by atomic mass is 10.2. The average Bonchev–Trinajstić information content (AvgIpc) is 2.91. The van der Waals surface area contributed by atoms with Gasteiger partial charge in [-0.15, -0.1) is 0 Å². The Hall–Kier alpha value is -1.70. The highest BCUT2D eigenvalue weighted by atomic mass is 32.2. The van der Waals surface area contributed by atoms with E-state index in [0.29, 0.717) is 17.7 Å². The van der Waals surface area contributed by atoms with Crippen molar-refractivity contribution in [3.8, 4) is 0 Å². The number of nitrogens with one attached hydrogen (secondary N) is 1. The number of benzene rings is 1. The Balaban J connectivity index is 2.06. The molecule has 0 fully saturated rings. The monoisotopic (exact) mass is 298 g/mol. The van der Waals surface area contributed by atoms with E-state index in [4.69, 9.17) is 10.2 Å². The minimum absolute atomic E-state index is 0.133. The van der Waals surface area contributed by atoms with Crippen molar-refractivity contribution in [1.29, 1.82) is 0 Å². The molecule has 0 bridgehead atoms. The molecule has 1 heterocycles. The SMILES string of the molecule is NCc1ccc(S(=O)(=O)NCCc2ccco2)c(F)c1. The molecule has 5 nitrogen and oxygen atoms in total. The minimum Gasteiger partial charge on any atom is -0.469 e. The topological polar surface area (TPSA) is 85.3 Å². The van der Waals surface area contributed by atoms with Gasteiger partial charge in [0.1, 0.15) is 16.5 Å². The van der Waals surface area contributed by atoms with Crippen LogP contribution < -0.4 is 10.5 Å². The van der Waals surface area contributed by atoms with Gasteiger partial charge in [-0.1, -0.05) is 6.07 Å². The van der Waals surface area contributed by atoms with E-state index in [1.165, 1.54) is 18.4 Å². The Morgan fingerprint density at radius 2 is 2.10 bits per heavy atom. The molecule has 0 aliphatic carbocycles. The second kappa shape index (κ2) is 6.17. The molecule has 2 aromatic rings. The Bertz CT molecular complexity index is 669.